The minimum atomic E-state index is -0.274. The average Bonchev–Trinajstić information content (AvgIpc) is 2.88. The van der Waals surface area contributed by atoms with Gasteiger partial charge in [-0.1, -0.05) is 41.9 Å². The third-order valence-electron chi connectivity index (χ3n) is 3.19. The Morgan fingerprint density at radius 3 is 2.57 bits per heavy atom. The van der Waals surface area contributed by atoms with E-state index in [-0.39, 0.29) is 5.97 Å². The van der Waals surface area contributed by atoms with Crippen LogP contribution in [0.1, 0.15) is 16.6 Å². The molecule has 0 bridgehead atoms. The Hall–Kier alpha value is -1.84. The molecule has 3 rings (SSSR count). The number of thiophene rings is 1. The molecule has 0 saturated heterocycles. The quantitative estimate of drug-likeness (QED) is 0.605. The summed E-state index contributed by atoms with van der Waals surface area (Å²) in [6.07, 6.45) is 0. The number of benzene rings is 2. The summed E-state index contributed by atoms with van der Waals surface area (Å²) in [5, 5.41) is 1.74. The molecule has 0 radical (unpaired) electrons. The second-order valence-corrected chi connectivity index (χ2v) is 6.02. The fourth-order valence-corrected chi connectivity index (χ4v) is 3.53. The molecule has 0 fully saturated rings. The van der Waals surface area contributed by atoms with Crippen LogP contribution in [0.3, 0.4) is 0 Å². The number of hydrogen-bond donors (Lipinski definition) is 0. The number of ether oxygens (including phenoxy) is 1. The number of fused-ring (bicyclic) bond motifs is 1. The van der Waals surface area contributed by atoms with E-state index >= 15 is 0 Å². The highest BCUT2D eigenvalue weighted by atomic mass is 35.5. The summed E-state index contributed by atoms with van der Waals surface area (Å²) in [5.41, 5.74) is 1.89. The molecule has 0 unspecified atom stereocenters. The topological polar surface area (TPSA) is 26.3 Å². The third kappa shape index (κ3) is 2.67. The third-order valence-corrected chi connectivity index (χ3v) is 4.59. The van der Waals surface area contributed by atoms with Crippen LogP contribution in [0.5, 0.6) is 0 Å². The van der Waals surface area contributed by atoms with Gasteiger partial charge in [-0.05, 0) is 30.7 Å². The molecule has 4 heteroatoms. The molecule has 0 aliphatic carbocycles. The summed E-state index contributed by atoms with van der Waals surface area (Å²) < 4.78 is 6.26. The van der Waals surface area contributed by atoms with E-state index in [0.29, 0.717) is 16.5 Å². The molecule has 0 N–H and O–H groups in total. The van der Waals surface area contributed by atoms with Crippen molar-refractivity contribution in [1.82, 2.24) is 0 Å². The van der Waals surface area contributed by atoms with Gasteiger partial charge in [0.05, 0.1) is 6.61 Å². The Bertz CT molecular complexity index is 790. The molecule has 0 aliphatic heterocycles. The van der Waals surface area contributed by atoms with E-state index in [1.165, 1.54) is 11.3 Å². The number of rotatable bonds is 3. The van der Waals surface area contributed by atoms with E-state index in [4.69, 9.17) is 16.3 Å². The number of esters is 1. The van der Waals surface area contributed by atoms with Gasteiger partial charge in [-0.3, -0.25) is 0 Å². The van der Waals surface area contributed by atoms with Crippen LogP contribution in [0.15, 0.2) is 48.5 Å². The van der Waals surface area contributed by atoms with Gasteiger partial charge in [-0.2, -0.15) is 0 Å². The number of hydrogen-bond acceptors (Lipinski definition) is 3. The van der Waals surface area contributed by atoms with Crippen molar-refractivity contribution < 1.29 is 9.53 Å². The first kappa shape index (κ1) is 14.1. The first-order chi connectivity index (χ1) is 10.2. The molecular weight excluding hydrogens is 304 g/mol. The Morgan fingerprint density at radius 1 is 1.14 bits per heavy atom. The minimum Gasteiger partial charge on any atom is -0.462 e. The van der Waals surface area contributed by atoms with E-state index in [9.17, 15) is 4.79 Å². The maximum absolute atomic E-state index is 12.2. The lowest BCUT2D eigenvalue weighted by Crippen LogP contribution is -2.03. The van der Waals surface area contributed by atoms with Gasteiger partial charge >= 0.3 is 5.97 Å². The van der Waals surface area contributed by atoms with Crippen LogP contribution in [0, 0.1) is 0 Å². The molecule has 0 aliphatic rings. The van der Waals surface area contributed by atoms with Crippen molar-refractivity contribution in [3.05, 3.63) is 58.4 Å². The summed E-state index contributed by atoms with van der Waals surface area (Å²) in [6, 6.07) is 15.5. The second-order valence-electron chi connectivity index (χ2n) is 4.53. The number of carbonyl (C=O) groups is 1. The van der Waals surface area contributed by atoms with Crippen LogP contribution in [-0.4, -0.2) is 12.6 Å². The number of carbonyl (C=O) groups excluding carboxylic acids is 1. The zero-order chi connectivity index (χ0) is 14.8. The van der Waals surface area contributed by atoms with Gasteiger partial charge in [0.2, 0.25) is 0 Å². The molecule has 0 spiro atoms. The highest BCUT2D eigenvalue weighted by Crippen LogP contribution is 2.39. The molecular formula is C17H13ClO2S. The van der Waals surface area contributed by atoms with Crippen LogP contribution in [0.4, 0.5) is 0 Å². The van der Waals surface area contributed by atoms with Gasteiger partial charge in [0.25, 0.3) is 0 Å². The van der Waals surface area contributed by atoms with E-state index < -0.39 is 0 Å². The van der Waals surface area contributed by atoms with Crippen molar-refractivity contribution in [3.8, 4) is 11.1 Å². The van der Waals surface area contributed by atoms with Crippen LogP contribution >= 0.6 is 22.9 Å². The zero-order valence-electron chi connectivity index (χ0n) is 11.4. The first-order valence-corrected chi connectivity index (χ1v) is 7.84. The Kier molecular flexibility index (Phi) is 3.95. The lowest BCUT2D eigenvalue weighted by molar-refractivity contribution is 0.0533. The summed E-state index contributed by atoms with van der Waals surface area (Å²) in [5.74, 6) is -0.274. The van der Waals surface area contributed by atoms with Gasteiger partial charge in [0, 0.05) is 20.7 Å². The maximum atomic E-state index is 12.2. The Balaban J connectivity index is 2.24. The van der Waals surface area contributed by atoms with E-state index in [2.05, 4.69) is 0 Å². The summed E-state index contributed by atoms with van der Waals surface area (Å²) >= 11 is 7.42. The van der Waals surface area contributed by atoms with Crippen LogP contribution in [-0.2, 0) is 4.74 Å². The highest BCUT2D eigenvalue weighted by Gasteiger charge is 2.20. The predicted molar refractivity (Wildman–Crippen MR) is 88.2 cm³/mol. The second kappa shape index (κ2) is 5.88. The summed E-state index contributed by atoms with van der Waals surface area (Å²) in [7, 11) is 0. The van der Waals surface area contributed by atoms with Crippen LogP contribution < -0.4 is 0 Å². The number of halogens is 1. The van der Waals surface area contributed by atoms with Crippen molar-refractivity contribution in [2.24, 2.45) is 0 Å². The summed E-state index contributed by atoms with van der Waals surface area (Å²) in [4.78, 5) is 12.9. The maximum Gasteiger partial charge on any atom is 0.348 e. The van der Waals surface area contributed by atoms with Gasteiger partial charge in [0.15, 0.2) is 0 Å². The first-order valence-electron chi connectivity index (χ1n) is 6.65. The van der Waals surface area contributed by atoms with Crippen LogP contribution in [0.2, 0.25) is 5.02 Å². The highest BCUT2D eigenvalue weighted by molar-refractivity contribution is 7.21. The molecule has 0 saturated carbocycles. The molecule has 3 aromatic rings. The van der Waals surface area contributed by atoms with E-state index in [1.54, 1.807) is 0 Å². The standard InChI is InChI=1S/C17H13ClO2S/c1-2-20-17(19)16-15(11-7-9-12(18)10-8-11)13-5-3-4-6-14(13)21-16/h3-10H,2H2,1H3. The molecule has 2 aromatic carbocycles. The smallest absolute Gasteiger partial charge is 0.348 e. The lowest BCUT2D eigenvalue weighted by Gasteiger charge is -2.05. The van der Waals surface area contributed by atoms with Gasteiger partial charge in [-0.15, -0.1) is 11.3 Å². The Labute approximate surface area is 131 Å². The Morgan fingerprint density at radius 2 is 1.86 bits per heavy atom. The minimum absolute atomic E-state index is 0.274. The lowest BCUT2D eigenvalue weighted by atomic mass is 10.0. The molecule has 21 heavy (non-hydrogen) atoms. The van der Waals surface area contributed by atoms with Crippen LogP contribution in [0.25, 0.3) is 21.2 Å². The largest absolute Gasteiger partial charge is 0.462 e. The normalized spacial score (nSPS) is 10.8. The molecule has 106 valence electrons. The molecule has 0 atom stereocenters. The van der Waals surface area contributed by atoms with Crippen molar-refractivity contribution in [3.63, 3.8) is 0 Å². The van der Waals surface area contributed by atoms with Gasteiger partial charge in [0.1, 0.15) is 4.88 Å². The van der Waals surface area contributed by atoms with Crippen molar-refractivity contribution in [2.45, 2.75) is 6.92 Å². The molecule has 2 nitrogen and oxygen atoms in total. The van der Waals surface area contributed by atoms with Crippen molar-refractivity contribution in [1.29, 1.82) is 0 Å². The molecule has 1 heterocycles. The fraction of sp³-hybridized carbons (Fsp3) is 0.118. The van der Waals surface area contributed by atoms with Crippen molar-refractivity contribution in [2.75, 3.05) is 6.61 Å². The van der Waals surface area contributed by atoms with Gasteiger partial charge < -0.3 is 4.74 Å². The SMILES string of the molecule is CCOC(=O)c1sc2ccccc2c1-c1ccc(Cl)cc1. The predicted octanol–water partition coefficient (Wildman–Crippen LogP) is 5.40. The monoisotopic (exact) mass is 316 g/mol. The molecule has 1 aromatic heterocycles. The van der Waals surface area contributed by atoms with Gasteiger partial charge in [-0.25, -0.2) is 4.79 Å². The van der Waals surface area contributed by atoms with E-state index in [0.717, 1.165) is 21.2 Å². The van der Waals surface area contributed by atoms with Crippen molar-refractivity contribution >= 4 is 39.0 Å². The van der Waals surface area contributed by atoms with E-state index in [1.807, 2.05) is 55.5 Å². The average molecular weight is 317 g/mol. The fourth-order valence-electron chi connectivity index (χ4n) is 2.29. The zero-order valence-corrected chi connectivity index (χ0v) is 13.0. The summed E-state index contributed by atoms with van der Waals surface area (Å²) in [6.45, 7) is 2.18. The molecule has 0 amide bonds.